The third-order valence-electron chi connectivity index (χ3n) is 5.00. The molecule has 142 valence electrons. The molecule has 2 heterocycles. The second kappa shape index (κ2) is 6.84. The SMILES string of the molecule is COC(=O)c1ccc2[nH]c(C(=O)NC3Cc4ccccc4N(C)C3=O)cc2c1. The zero-order valence-corrected chi connectivity index (χ0v) is 15.5. The lowest BCUT2D eigenvalue weighted by molar-refractivity contribution is -0.120. The number of aromatic amines is 1. The lowest BCUT2D eigenvalue weighted by atomic mass is 9.97. The Morgan fingerprint density at radius 2 is 1.96 bits per heavy atom. The van der Waals surface area contributed by atoms with Gasteiger partial charge in [0, 0.05) is 30.1 Å². The van der Waals surface area contributed by atoms with E-state index in [-0.39, 0.29) is 11.8 Å². The third kappa shape index (κ3) is 3.00. The number of fused-ring (bicyclic) bond motifs is 2. The van der Waals surface area contributed by atoms with Crippen molar-refractivity contribution in [2.45, 2.75) is 12.5 Å². The van der Waals surface area contributed by atoms with Gasteiger partial charge < -0.3 is 19.9 Å². The average Bonchev–Trinajstić information content (AvgIpc) is 3.14. The number of esters is 1. The Labute approximate surface area is 161 Å². The van der Waals surface area contributed by atoms with Crippen molar-refractivity contribution in [1.29, 1.82) is 0 Å². The van der Waals surface area contributed by atoms with Crippen LogP contribution in [0.1, 0.15) is 26.4 Å². The summed E-state index contributed by atoms with van der Waals surface area (Å²) in [6, 6.07) is 13.7. The lowest BCUT2D eigenvalue weighted by Gasteiger charge is -2.31. The summed E-state index contributed by atoms with van der Waals surface area (Å²) in [6.07, 6.45) is 0.442. The van der Waals surface area contributed by atoms with Crippen LogP contribution in [0.15, 0.2) is 48.5 Å². The maximum atomic E-state index is 12.7. The van der Waals surface area contributed by atoms with Crippen molar-refractivity contribution in [2.24, 2.45) is 0 Å². The Balaban J connectivity index is 1.57. The molecule has 0 radical (unpaired) electrons. The first-order valence-electron chi connectivity index (χ1n) is 8.85. The number of para-hydroxylation sites is 1. The maximum absolute atomic E-state index is 12.7. The van der Waals surface area contributed by atoms with Gasteiger partial charge in [-0.1, -0.05) is 18.2 Å². The molecule has 1 unspecified atom stereocenters. The summed E-state index contributed by atoms with van der Waals surface area (Å²) < 4.78 is 4.72. The fourth-order valence-corrected chi connectivity index (χ4v) is 3.52. The van der Waals surface area contributed by atoms with E-state index in [2.05, 4.69) is 10.3 Å². The van der Waals surface area contributed by atoms with Gasteiger partial charge in [0.15, 0.2) is 0 Å². The van der Waals surface area contributed by atoms with Crippen molar-refractivity contribution in [3.8, 4) is 0 Å². The number of nitrogens with zero attached hydrogens (tertiary/aromatic N) is 1. The number of H-pyrrole nitrogens is 1. The molecule has 28 heavy (non-hydrogen) atoms. The first kappa shape index (κ1) is 17.8. The molecule has 0 spiro atoms. The molecular weight excluding hydrogens is 358 g/mol. The number of amides is 2. The van der Waals surface area contributed by atoms with Gasteiger partial charge in [-0.25, -0.2) is 4.79 Å². The van der Waals surface area contributed by atoms with E-state index in [0.717, 1.165) is 16.8 Å². The highest BCUT2D eigenvalue weighted by Crippen LogP contribution is 2.26. The Morgan fingerprint density at radius 3 is 2.75 bits per heavy atom. The highest BCUT2D eigenvalue weighted by molar-refractivity contribution is 6.05. The van der Waals surface area contributed by atoms with Crippen LogP contribution in [0.25, 0.3) is 10.9 Å². The molecular formula is C21H19N3O4. The molecule has 7 nitrogen and oxygen atoms in total. The largest absolute Gasteiger partial charge is 0.465 e. The second-order valence-corrected chi connectivity index (χ2v) is 6.73. The molecule has 7 heteroatoms. The van der Waals surface area contributed by atoms with Crippen LogP contribution in [0.2, 0.25) is 0 Å². The number of nitrogens with one attached hydrogen (secondary N) is 2. The van der Waals surface area contributed by atoms with Crippen molar-refractivity contribution >= 4 is 34.4 Å². The summed E-state index contributed by atoms with van der Waals surface area (Å²) in [4.78, 5) is 41.6. The molecule has 2 N–H and O–H groups in total. The zero-order valence-electron chi connectivity index (χ0n) is 15.5. The maximum Gasteiger partial charge on any atom is 0.337 e. The monoisotopic (exact) mass is 377 g/mol. The normalized spacial score (nSPS) is 16.0. The van der Waals surface area contributed by atoms with Crippen LogP contribution >= 0.6 is 0 Å². The van der Waals surface area contributed by atoms with Gasteiger partial charge in [-0.15, -0.1) is 0 Å². The number of methoxy groups -OCH3 is 1. The summed E-state index contributed by atoms with van der Waals surface area (Å²) in [7, 11) is 3.02. The van der Waals surface area contributed by atoms with Crippen LogP contribution < -0.4 is 10.2 Å². The number of aromatic nitrogens is 1. The molecule has 0 aliphatic carbocycles. The molecule has 2 aromatic carbocycles. The number of carbonyl (C=O) groups is 3. The van der Waals surface area contributed by atoms with E-state index >= 15 is 0 Å². The van der Waals surface area contributed by atoms with Crippen LogP contribution in [-0.4, -0.2) is 43.0 Å². The van der Waals surface area contributed by atoms with Crippen molar-refractivity contribution < 1.29 is 19.1 Å². The Bertz CT molecular complexity index is 1100. The number of benzene rings is 2. The highest BCUT2D eigenvalue weighted by atomic mass is 16.5. The quantitative estimate of drug-likeness (QED) is 0.685. The summed E-state index contributed by atoms with van der Waals surface area (Å²) in [5.41, 5.74) is 3.32. The molecule has 3 aromatic rings. The molecule has 0 saturated heterocycles. The number of anilines is 1. The fraction of sp³-hybridized carbons (Fsp3) is 0.190. The highest BCUT2D eigenvalue weighted by Gasteiger charge is 2.31. The number of rotatable bonds is 3. The summed E-state index contributed by atoms with van der Waals surface area (Å²) in [6.45, 7) is 0. The van der Waals surface area contributed by atoms with E-state index in [9.17, 15) is 14.4 Å². The Hall–Kier alpha value is -3.61. The number of hydrogen-bond donors (Lipinski definition) is 2. The fourth-order valence-electron chi connectivity index (χ4n) is 3.52. The van der Waals surface area contributed by atoms with Crippen molar-refractivity contribution in [2.75, 3.05) is 19.1 Å². The van der Waals surface area contributed by atoms with Gasteiger partial charge in [0.1, 0.15) is 11.7 Å². The molecule has 1 aliphatic rings. The van der Waals surface area contributed by atoms with E-state index in [1.165, 1.54) is 7.11 Å². The number of hydrogen-bond acceptors (Lipinski definition) is 4. The first-order valence-corrected chi connectivity index (χ1v) is 8.85. The second-order valence-electron chi connectivity index (χ2n) is 6.73. The standard InChI is InChI=1S/C21H19N3O4/c1-24-18-6-4-3-5-12(18)10-17(20(24)26)23-19(25)16-11-14-9-13(21(27)28-2)7-8-15(14)22-16/h3-9,11,17,22H,10H2,1-2H3,(H,23,25). The molecule has 0 saturated carbocycles. The van der Waals surface area contributed by atoms with E-state index in [0.29, 0.717) is 23.1 Å². The van der Waals surface area contributed by atoms with E-state index in [4.69, 9.17) is 4.74 Å². The number of carbonyl (C=O) groups excluding carboxylic acids is 3. The first-order chi connectivity index (χ1) is 13.5. The zero-order chi connectivity index (χ0) is 19.8. The third-order valence-corrected chi connectivity index (χ3v) is 5.00. The molecule has 0 bridgehead atoms. The van der Waals surface area contributed by atoms with Gasteiger partial charge in [0.05, 0.1) is 12.7 Å². The summed E-state index contributed by atoms with van der Waals surface area (Å²) >= 11 is 0. The summed E-state index contributed by atoms with van der Waals surface area (Å²) in [5.74, 6) is -0.971. The molecule has 1 aliphatic heterocycles. The molecule has 1 atom stereocenters. The van der Waals surface area contributed by atoms with E-state index in [1.54, 1.807) is 36.2 Å². The minimum absolute atomic E-state index is 0.156. The van der Waals surface area contributed by atoms with Crippen molar-refractivity contribution in [3.63, 3.8) is 0 Å². The molecule has 2 amide bonds. The van der Waals surface area contributed by atoms with Gasteiger partial charge >= 0.3 is 5.97 Å². The van der Waals surface area contributed by atoms with E-state index < -0.39 is 12.0 Å². The topological polar surface area (TPSA) is 91.5 Å². The van der Waals surface area contributed by atoms with Gasteiger partial charge in [-0.05, 0) is 35.9 Å². The van der Waals surface area contributed by atoms with Crippen LogP contribution in [0.3, 0.4) is 0 Å². The lowest BCUT2D eigenvalue weighted by Crippen LogP contribution is -2.51. The Kier molecular flexibility index (Phi) is 4.35. The van der Waals surface area contributed by atoms with Gasteiger partial charge in [-0.3, -0.25) is 9.59 Å². The number of likely N-dealkylation sites (N-methyl/N-ethyl adjacent to an activating group) is 1. The summed E-state index contributed by atoms with van der Waals surface area (Å²) in [5, 5.41) is 3.53. The van der Waals surface area contributed by atoms with Crippen LogP contribution in [0, 0.1) is 0 Å². The van der Waals surface area contributed by atoms with Crippen molar-refractivity contribution in [1.82, 2.24) is 10.3 Å². The Morgan fingerprint density at radius 1 is 1.18 bits per heavy atom. The predicted octanol–water partition coefficient (Wildman–Crippen LogP) is 2.27. The van der Waals surface area contributed by atoms with Crippen molar-refractivity contribution in [3.05, 3.63) is 65.4 Å². The number of ether oxygens (including phenoxy) is 1. The molecule has 0 fully saturated rings. The van der Waals surface area contributed by atoms with Gasteiger partial charge in [0.2, 0.25) is 5.91 Å². The predicted molar refractivity (Wildman–Crippen MR) is 104 cm³/mol. The van der Waals surface area contributed by atoms with Crippen LogP contribution in [0.5, 0.6) is 0 Å². The minimum atomic E-state index is -0.635. The van der Waals surface area contributed by atoms with Crippen LogP contribution in [0.4, 0.5) is 5.69 Å². The molecule has 1 aromatic heterocycles. The molecule has 4 rings (SSSR count). The van der Waals surface area contributed by atoms with E-state index in [1.807, 2.05) is 24.3 Å². The van der Waals surface area contributed by atoms with Gasteiger partial charge in [0.25, 0.3) is 5.91 Å². The average molecular weight is 377 g/mol. The smallest absolute Gasteiger partial charge is 0.337 e. The minimum Gasteiger partial charge on any atom is -0.465 e. The van der Waals surface area contributed by atoms with Gasteiger partial charge in [-0.2, -0.15) is 0 Å². The van der Waals surface area contributed by atoms with Crippen LogP contribution in [-0.2, 0) is 16.0 Å².